The maximum absolute atomic E-state index is 13.3. The van der Waals surface area contributed by atoms with Gasteiger partial charge in [0.15, 0.2) is 11.5 Å². The Kier molecular flexibility index (Phi) is 8.32. The summed E-state index contributed by atoms with van der Waals surface area (Å²) in [5.41, 5.74) is 5.82. The molecule has 0 fully saturated rings. The number of fused-ring (bicyclic) bond motifs is 1. The van der Waals surface area contributed by atoms with Crippen molar-refractivity contribution in [1.82, 2.24) is 10.3 Å². The summed E-state index contributed by atoms with van der Waals surface area (Å²) in [5, 5.41) is 4.38. The van der Waals surface area contributed by atoms with Gasteiger partial charge in [0.05, 0.1) is 14.2 Å². The number of aromatic nitrogens is 1. The van der Waals surface area contributed by atoms with Gasteiger partial charge in [0, 0.05) is 35.5 Å². The highest BCUT2D eigenvalue weighted by atomic mass is 16.5. The Morgan fingerprint density at radius 2 is 1.75 bits per heavy atom. The summed E-state index contributed by atoms with van der Waals surface area (Å²) < 4.78 is 11.0. The lowest BCUT2D eigenvalue weighted by Gasteiger charge is -2.21. The van der Waals surface area contributed by atoms with Gasteiger partial charge in [0.2, 0.25) is 5.91 Å². The Bertz CT molecular complexity index is 1300. The van der Waals surface area contributed by atoms with E-state index in [4.69, 9.17) is 9.47 Å². The average molecular weight is 485 g/mol. The van der Waals surface area contributed by atoms with Crippen LogP contribution in [0.4, 0.5) is 0 Å². The van der Waals surface area contributed by atoms with Crippen LogP contribution in [0.2, 0.25) is 0 Å². The highest BCUT2D eigenvalue weighted by molar-refractivity contribution is 5.88. The van der Waals surface area contributed by atoms with Gasteiger partial charge in [-0.15, -0.1) is 0 Å². The highest BCUT2D eigenvalue weighted by Gasteiger charge is 2.24. The number of aromatic amines is 1. The van der Waals surface area contributed by atoms with Gasteiger partial charge in [-0.05, 0) is 60.6 Å². The van der Waals surface area contributed by atoms with E-state index in [1.807, 2.05) is 24.3 Å². The minimum absolute atomic E-state index is 0.0383. The fourth-order valence-corrected chi connectivity index (χ4v) is 4.92. The molecule has 1 aromatic heterocycles. The van der Waals surface area contributed by atoms with Gasteiger partial charge in [-0.25, -0.2) is 0 Å². The molecule has 4 aromatic rings. The van der Waals surface area contributed by atoms with Crippen LogP contribution in [0, 0.1) is 0 Å². The standard InChI is InChI=1S/C31H36N2O3/c1-5-23-12-9-13-25-27(20-32-31(23)25)26(24-16-17-28(35-3)29(18-24)36-4)19-30(34)33-21(2)14-15-22-10-7-6-8-11-22/h6-13,16-18,20-21,26,32H,5,14-15,19H2,1-4H3,(H,33,34)/t21-,26+/m1/s1. The van der Waals surface area contributed by atoms with E-state index in [9.17, 15) is 4.79 Å². The Labute approximate surface area is 213 Å². The topological polar surface area (TPSA) is 63.4 Å². The van der Waals surface area contributed by atoms with Crippen LogP contribution in [0.3, 0.4) is 0 Å². The molecule has 0 aliphatic heterocycles. The van der Waals surface area contributed by atoms with Crippen molar-refractivity contribution in [2.24, 2.45) is 0 Å². The van der Waals surface area contributed by atoms with Crippen LogP contribution in [0.5, 0.6) is 11.5 Å². The minimum Gasteiger partial charge on any atom is -0.493 e. The Morgan fingerprint density at radius 1 is 0.972 bits per heavy atom. The molecule has 0 spiro atoms. The van der Waals surface area contributed by atoms with Gasteiger partial charge in [0.25, 0.3) is 0 Å². The van der Waals surface area contributed by atoms with Gasteiger partial charge in [-0.2, -0.15) is 0 Å². The average Bonchev–Trinajstić information content (AvgIpc) is 3.35. The highest BCUT2D eigenvalue weighted by Crippen LogP contribution is 2.38. The summed E-state index contributed by atoms with van der Waals surface area (Å²) in [4.78, 5) is 16.8. The number of H-pyrrole nitrogens is 1. The minimum atomic E-state index is -0.132. The van der Waals surface area contributed by atoms with Crippen LogP contribution in [-0.4, -0.2) is 31.2 Å². The van der Waals surface area contributed by atoms with E-state index in [2.05, 4.69) is 72.8 Å². The monoisotopic (exact) mass is 484 g/mol. The number of hydrogen-bond acceptors (Lipinski definition) is 3. The van der Waals surface area contributed by atoms with E-state index in [1.54, 1.807) is 14.2 Å². The fraction of sp³-hybridized carbons (Fsp3) is 0.323. The number of hydrogen-bond donors (Lipinski definition) is 2. The van der Waals surface area contributed by atoms with Crippen LogP contribution in [0.1, 0.15) is 54.9 Å². The first-order valence-electron chi connectivity index (χ1n) is 12.7. The van der Waals surface area contributed by atoms with Crippen molar-refractivity contribution in [3.63, 3.8) is 0 Å². The van der Waals surface area contributed by atoms with Crippen molar-refractivity contribution in [3.05, 3.63) is 95.2 Å². The number of ether oxygens (including phenoxy) is 2. The molecule has 0 unspecified atom stereocenters. The van der Waals surface area contributed by atoms with Gasteiger partial charge >= 0.3 is 0 Å². The summed E-state index contributed by atoms with van der Waals surface area (Å²) in [6.45, 7) is 4.23. The lowest BCUT2D eigenvalue weighted by molar-refractivity contribution is -0.121. The van der Waals surface area contributed by atoms with Crippen LogP contribution in [-0.2, 0) is 17.6 Å². The second-order valence-corrected chi connectivity index (χ2v) is 9.30. The summed E-state index contributed by atoms with van der Waals surface area (Å²) in [7, 11) is 3.27. The lowest BCUT2D eigenvalue weighted by atomic mass is 9.87. The number of rotatable bonds is 11. The molecule has 0 aliphatic rings. The largest absolute Gasteiger partial charge is 0.493 e. The van der Waals surface area contributed by atoms with E-state index in [0.29, 0.717) is 17.9 Å². The molecule has 2 atom stereocenters. The molecule has 1 heterocycles. The predicted octanol–water partition coefficient (Wildman–Crippen LogP) is 6.41. The van der Waals surface area contributed by atoms with Crippen LogP contribution < -0.4 is 14.8 Å². The quantitative estimate of drug-likeness (QED) is 0.259. The van der Waals surface area contributed by atoms with Gasteiger partial charge in [-0.3, -0.25) is 4.79 Å². The molecule has 0 saturated heterocycles. The van der Waals surface area contributed by atoms with Gasteiger partial charge in [0.1, 0.15) is 0 Å². The van der Waals surface area contributed by atoms with Crippen molar-refractivity contribution in [2.45, 2.75) is 51.5 Å². The zero-order valence-corrected chi connectivity index (χ0v) is 21.6. The van der Waals surface area contributed by atoms with E-state index < -0.39 is 0 Å². The molecule has 36 heavy (non-hydrogen) atoms. The third-order valence-corrected chi connectivity index (χ3v) is 6.91. The van der Waals surface area contributed by atoms with Crippen LogP contribution in [0.25, 0.3) is 10.9 Å². The number of benzene rings is 3. The first kappa shape index (κ1) is 25.4. The molecule has 188 valence electrons. The molecule has 2 N–H and O–H groups in total. The van der Waals surface area contributed by atoms with Crippen molar-refractivity contribution in [3.8, 4) is 11.5 Å². The van der Waals surface area contributed by atoms with Gasteiger partial charge < -0.3 is 19.8 Å². The lowest BCUT2D eigenvalue weighted by Crippen LogP contribution is -2.33. The molecule has 0 radical (unpaired) electrons. The molecule has 0 bridgehead atoms. The maximum Gasteiger partial charge on any atom is 0.221 e. The first-order valence-corrected chi connectivity index (χ1v) is 12.7. The van der Waals surface area contributed by atoms with Crippen LogP contribution >= 0.6 is 0 Å². The summed E-state index contributed by atoms with van der Waals surface area (Å²) >= 11 is 0. The molecule has 3 aromatic carbocycles. The normalized spacial score (nSPS) is 12.8. The second-order valence-electron chi connectivity index (χ2n) is 9.30. The van der Waals surface area contributed by atoms with Crippen molar-refractivity contribution in [2.75, 3.05) is 14.2 Å². The molecule has 4 rings (SSSR count). The number of para-hydroxylation sites is 1. The third-order valence-electron chi connectivity index (χ3n) is 6.91. The third kappa shape index (κ3) is 5.73. The molecule has 5 nitrogen and oxygen atoms in total. The maximum atomic E-state index is 13.3. The zero-order chi connectivity index (χ0) is 25.5. The molecule has 0 aliphatic carbocycles. The predicted molar refractivity (Wildman–Crippen MR) is 146 cm³/mol. The molecule has 1 amide bonds. The number of carbonyl (C=O) groups excluding carboxylic acids is 1. The second kappa shape index (κ2) is 11.8. The number of amides is 1. The van der Waals surface area contributed by atoms with Gasteiger partial charge in [-0.1, -0.05) is 61.5 Å². The van der Waals surface area contributed by atoms with E-state index >= 15 is 0 Å². The molecule has 5 heteroatoms. The Morgan fingerprint density at radius 3 is 2.47 bits per heavy atom. The van der Waals surface area contributed by atoms with E-state index in [-0.39, 0.29) is 17.9 Å². The molecule has 0 saturated carbocycles. The van der Waals surface area contributed by atoms with Crippen molar-refractivity contribution in [1.29, 1.82) is 0 Å². The van der Waals surface area contributed by atoms with Crippen molar-refractivity contribution < 1.29 is 14.3 Å². The zero-order valence-electron chi connectivity index (χ0n) is 21.6. The fourth-order valence-electron chi connectivity index (χ4n) is 4.92. The number of methoxy groups -OCH3 is 2. The first-order chi connectivity index (χ1) is 17.5. The summed E-state index contributed by atoms with van der Waals surface area (Å²) in [6.07, 6.45) is 5.16. The Hall–Kier alpha value is -3.73. The smallest absolute Gasteiger partial charge is 0.221 e. The van der Waals surface area contributed by atoms with E-state index in [1.165, 1.54) is 11.1 Å². The summed E-state index contributed by atoms with van der Waals surface area (Å²) in [5.74, 6) is 1.24. The Balaban J connectivity index is 1.60. The summed E-state index contributed by atoms with van der Waals surface area (Å²) in [6, 6.07) is 22.8. The van der Waals surface area contributed by atoms with Crippen LogP contribution in [0.15, 0.2) is 72.9 Å². The molecular formula is C31H36N2O3. The number of aryl methyl sites for hydroxylation is 2. The van der Waals surface area contributed by atoms with Crippen molar-refractivity contribution >= 4 is 16.8 Å². The number of nitrogens with one attached hydrogen (secondary N) is 2. The SMILES string of the molecule is CCc1cccc2c([C@@H](CC(=O)N[C@H](C)CCc3ccccc3)c3ccc(OC)c(OC)c3)c[nH]c12. The number of carbonyl (C=O) groups is 1. The molecular weight excluding hydrogens is 448 g/mol. The van der Waals surface area contributed by atoms with E-state index in [0.717, 1.165) is 41.3 Å².